The van der Waals surface area contributed by atoms with Crippen LogP contribution in [0.4, 0.5) is 4.39 Å². The molecule has 0 aliphatic carbocycles. The Kier molecular flexibility index (Phi) is 3.72. The molecule has 1 aromatic rings. The van der Waals surface area contributed by atoms with Crippen molar-refractivity contribution < 1.29 is 9.18 Å². The molecule has 0 saturated carbocycles. The molecule has 0 heterocycles. The highest BCUT2D eigenvalue weighted by atomic mass is 127. The summed E-state index contributed by atoms with van der Waals surface area (Å²) in [5.41, 5.74) is 0.218. The molecule has 0 N–H and O–H groups in total. The fourth-order valence-electron chi connectivity index (χ4n) is 0.678. The predicted molar refractivity (Wildman–Crippen MR) is 62.0 cm³/mol. The molecule has 0 spiro atoms. The van der Waals surface area contributed by atoms with Crippen LogP contribution in [0.25, 0.3) is 0 Å². The Hall–Kier alpha value is 0.570. The van der Waals surface area contributed by atoms with E-state index in [0.29, 0.717) is 3.57 Å². The third-order valence-electron chi connectivity index (χ3n) is 1.25. The second-order valence-corrected chi connectivity index (χ2v) is 4.58. The minimum atomic E-state index is -0.630. The Labute approximate surface area is 101 Å². The first-order valence-electron chi connectivity index (χ1n) is 2.87. The SMILES string of the molecule is O=C(Cl)c1ccc(I)c(F)c1I. The monoisotopic (exact) mass is 410 g/mol. The lowest BCUT2D eigenvalue weighted by Crippen LogP contribution is -1.98. The van der Waals surface area contributed by atoms with Crippen LogP contribution in [0.15, 0.2) is 12.1 Å². The minimum absolute atomic E-state index is 0.218. The molecule has 0 radical (unpaired) electrons. The minimum Gasteiger partial charge on any atom is -0.276 e. The predicted octanol–water partition coefficient (Wildman–Crippen LogP) is 3.41. The van der Waals surface area contributed by atoms with E-state index in [2.05, 4.69) is 0 Å². The number of carbonyl (C=O) groups is 1. The maximum Gasteiger partial charge on any atom is 0.253 e. The lowest BCUT2D eigenvalue weighted by molar-refractivity contribution is 0.108. The summed E-state index contributed by atoms with van der Waals surface area (Å²) < 4.78 is 13.9. The molecule has 0 aliphatic rings. The molecule has 0 atom stereocenters. The molecule has 12 heavy (non-hydrogen) atoms. The summed E-state index contributed by atoms with van der Waals surface area (Å²) in [5.74, 6) is -0.386. The average molecular weight is 410 g/mol. The van der Waals surface area contributed by atoms with Gasteiger partial charge in [-0.05, 0) is 68.9 Å². The molecular formula is C7H2ClFI2O. The third-order valence-corrected chi connectivity index (χ3v) is 3.34. The van der Waals surface area contributed by atoms with Gasteiger partial charge >= 0.3 is 0 Å². The van der Waals surface area contributed by atoms with E-state index in [1.807, 2.05) is 22.6 Å². The zero-order valence-electron chi connectivity index (χ0n) is 5.57. The van der Waals surface area contributed by atoms with Gasteiger partial charge in [-0.1, -0.05) is 0 Å². The average Bonchev–Trinajstić information content (AvgIpc) is 2.00. The maximum atomic E-state index is 13.1. The van der Waals surface area contributed by atoms with Crippen LogP contribution in [-0.2, 0) is 0 Å². The number of hydrogen-bond donors (Lipinski definition) is 0. The van der Waals surface area contributed by atoms with Crippen LogP contribution in [-0.4, -0.2) is 5.24 Å². The van der Waals surface area contributed by atoms with Gasteiger partial charge in [-0.3, -0.25) is 4.79 Å². The third kappa shape index (κ3) is 2.08. The van der Waals surface area contributed by atoms with Gasteiger partial charge in [0.25, 0.3) is 5.24 Å². The van der Waals surface area contributed by atoms with Crippen molar-refractivity contribution in [3.63, 3.8) is 0 Å². The molecule has 1 aromatic carbocycles. The first-order valence-corrected chi connectivity index (χ1v) is 5.41. The lowest BCUT2D eigenvalue weighted by Gasteiger charge is -2.01. The molecule has 0 bridgehead atoms. The van der Waals surface area contributed by atoms with E-state index in [1.54, 1.807) is 22.6 Å². The van der Waals surface area contributed by atoms with Crippen molar-refractivity contribution >= 4 is 62.0 Å². The second kappa shape index (κ2) is 4.19. The number of halogens is 4. The second-order valence-electron chi connectivity index (χ2n) is 2.00. The molecule has 1 nitrogen and oxygen atoms in total. The van der Waals surface area contributed by atoms with Crippen molar-refractivity contribution in [2.24, 2.45) is 0 Å². The molecule has 64 valence electrons. The number of carbonyl (C=O) groups excluding carboxylic acids is 1. The van der Waals surface area contributed by atoms with Crippen molar-refractivity contribution in [2.75, 3.05) is 0 Å². The Morgan fingerprint density at radius 1 is 1.42 bits per heavy atom. The topological polar surface area (TPSA) is 17.1 Å². The van der Waals surface area contributed by atoms with Gasteiger partial charge in [-0.15, -0.1) is 0 Å². The summed E-state index contributed by atoms with van der Waals surface area (Å²) in [5, 5.41) is -0.630. The van der Waals surface area contributed by atoms with E-state index in [4.69, 9.17) is 11.6 Å². The van der Waals surface area contributed by atoms with Gasteiger partial charge in [0.15, 0.2) is 5.82 Å². The first-order chi connectivity index (χ1) is 5.54. The van der Waals surface area contributed by atoms with Crippen molar-refractivity contribution in [2.45, 2.75) is 0 Å². The van der Waals surface area contributed by atoms with E-state index in [-0.39, 0.29) is 15.0 Å². The summed E-state index contributed by atoms with van der Waals surface area (Å²) >= 11 is 8.84. The number of benzene rings is 1. The van der Waals surface area contributed by atoms with Crippen molar-refractivity contribution in [3.05, 3.63) is 30.7 Å². The Balaban J connectivity index is 3.36. The van der Waals surface area contributed by atoms with Crippen LogP contribution in [0.1, 0.15) is 10.4 Å². The molecular weight excluding hydrogens is 408 g/mol. The Morgan fingerprint density at radius 3 is 2.50 bits per heavy atom. The van der Waals surface area contributed by atoms with E-state index in [9.17, 15) is 9.18 Å². The van der Waals surface area contributed by atoms with Crippen LogP contribution in [0, 0.1) is 13.0 Å². The van der Waals surface area contributed by atoms with Crippen molar-refractivity contribution in [1.29, 1.82) is 0 Å². The Bertz CT molecular complexity index is 340. The summed E-state index contributed by atoms with van der Waals surface area (Å²) in [6.07, 6.45) is 0. The lowest BCUT2D eigenvalue weighted by atomic mass is 10.2. The van der Waals surface area contributed by atoms with Crippen LogP contribution in [0.5, 0.6) is 0 Å². The van der Waals surface area contributed by atoms with Crippen LogP contribution < -0.4 is 0 Å². The van der Waals surface area contributed by atoms with Crippen LogP contribution in [0.2, 0.25) is 0 Å². The van der Waals surface area contributed by atoms with E-state index >= 15 is 0 Å². The Morgan fingerprint density at radius 2 is 2.00 bits per heavy atom. The van der Waals surface area contributed by atoms with Gasteiger partial charge in [0.05, 0.1) is 9.13 Å². The first kappa shape index (κ1) is 10.6. The maximum absolute atomic E-state index is 13.1. The quantitative estimate of drug-likeness (QED) is 0.394. The van der Waals surface area contributed by atoms with E-state index < -0.39 is 5.24 Å². The van der Waals surface area contributed by atoms with Crippen LogP contribution in [0.3, 0.4) is 0 Å². The highest BCUT2D eigenvalue weighted by molar-refractivity contribution is 14.1. The number of rotatable bonds is 1. The zero-order valence-corrected chi connectivity index (χ0v) is 10.6. The van der Waals surface area contributed by atoms with Crippen molar-refractivity contribution in [1.82, 2.24) is 0 Å². The molecule has 0 aliphatic heterocycles. The molecule has 0 unspecified atom stereocenters. The molecule has 0 fully saturated rings. The van der Waals surface area contributed by atoms with E-state index in [0.717, 1.165) is 0 Å². The summed E-state index contributed by atoms with van der Waals surface area (Å²) in [6.45, 7) is 0. The standard InChI is InChI=1S/C7H2ClFI2O/c8-7(12)3-1-2-4(10)5(9)6(3)11/h1-2H. The molecule has 0 saturated heterocycles. The van der Waals surface area contributed by atoms with Gasteiger partial charge in [-0.25, -0.2) is 4.39 Å². The highest BCUT2D eigenvalue weighted by Crippen LogP contribution is 2.22. The summed E-state index contributed by atoms with van der Waals surface area (Å²) in [4.78, 5) is 10.7. The summed E-state index contributed by atoms with van der Waals surface area (Å²) in [6, 6.07) is 3.04. The fraction of sp³-hybridized carbons (Fsp3) is 0. The highest BCUT2D eigenvalue weighted by Gasteiger charge is 2.13. The molecule has 1 rings (SSSR count). The van der Waals surface area contributed by atoms with Gasteiger partial charge in [0, 0.05) is 3.57 Å². The van der Waals surface area contributed by atoms with Crippen molar-refractivity contribution in [3.8, 4) is 0 Å². The largest absolute Gasteiger partial charge is 0.276 e. The molecule has 0 amide bonds. The summed E-state index contributed by atoms with van der Waals surface area (Å²) in [7, 11) is 0. The normalized spacial score (nSPS) is 10.0. The fourth-order valence-corrected chi connectivity index (χ4v) is 2.68. The van der Waals surface area contributed by atoms with Gasteiger partial charge in [0.2, 0.25) is 0 Å². The smallest absolute Gasteiger partial charge is 0.253 e. The zero-order chi connectivity index (χ0) is 9.30. The van der Waals surface area contributed by atoms with Gasteiger partial charge in [-0.2, -0.15) is 0 Å². The van der Waals surface area contributed by atoms with Gasteiger partial charge < -0.3 is 0 Å². The number of hydrogen-bond acceptors (Lipinski definition) is 1. The molecule has 0 aromatic heterocycles. The molecule has 5 heteroatoms. The van der Waals surface area contributed by atoms with Gasteiger partial charge in [0.1, 0.15) is 0 Å². The van der Waals surface area contributed by atoms with Crippen LogP contribution >= 0.6 is 56.8 Å². The van der Waals surface area contributed by atoms with E-state index in [1.165, 1.54) is 12.1 Å².